The second-order valence-corrected chi connectivity index (χ2v) is 5.93. The van der Waals surface area contributed by atoms with E-state index >= 15 is 0 Å². The molecule has 2 fully saturated rings. The third kappa shape index (κ3) is 2.42. The molecule has 0 aromatic heterocycles. The first-order valence-corrected chi connectivity index (χ1v) is 7.24. The summed E-state index contributed by atoms with van der Waals surface area (Å²) < 4.78 is 0. The van der Waals surface area contributed by atoms with Gasteiger partial charge in [0.1, 0.15) is 6.54 Å². The molecule has 2 aliphatic rings. The van der Waals surface area contributed by atoms with Gasteiger partial charge in [0.25, 0.3) is 0 Å². The first-order valence-electron chi connectivity index (χ1n) is 7.24. The normalized spacial score (nSPS) is 23.1. The fraction of sp³-hybridized carbons (Fsp3) is 0.500. The summed E-state index contributed by atoms with van der Waals surface area (Å²) in [6, 6.07) is 8.04. The molecule has 1 saturated carbocycles. The molecule has 1 atom stereocenters. The Morgan fingerprint density at radius 3 is 2.45 bits per heavy atom. The first kappa shape index (κ1) is 13.2. The van der Waals surface area contributed by atoms with Gasteiger partial charge in [0.05, 0.1) is 0 Å². The van der Waals surface area contributed by atoms with Crippen molar-refractivity contribution in [2.45, 2.75) is 32.7 Å². The van der Waals surface area contributed by atoms with Gasteiger partial charge >= 0.3 is 0 Å². The SMILES string of the molecule is Cc1ccc(N2CC(C)N(C(=O)C3CC3)CC2=O)cc1. The summed E-state index contributed by atoms with van der Waals surface area (Å²) in [5.41, 5.74) is 2.10. The minimum Gasteiger partial charge on any atom is -0.329 e. The van der Waals surface area contributed by atoms with Crippen LogP contribution in [0.3, 0.4) is 0 Å². The average molecular weight is 272 g/mol. The molecule has 1 aromatic rings. The lowest BCUT2D eigenvalue weighted by atomic mass is 10.1. The molecule has 106 valence electrons. The molecule has 2 amide bonds. The summed E-state index contributed by atoms with van der Waals surface area (Å²) in [6.07, 6.45) is 1.97. The highest BCUT2D eigenvalue weighted by molar-refractivity contribution is 5.98. The van der Waals surface area contributed by atoms with E-state index in [0.29, 0.717) is 6.54 Å². The Hall–Kier alpha value is -1.84. The highest BCUT2D eigenvalue weighted by Gasteiger charge is 2.39. The lowest BCUT2D eigenvalue weighted by Crippen LogP contribution is -2.57. The monoisotopic (exact) mass is 272 g/mol. The predicted octanol–water partition coefficient (Wildman–Crippen LogP) is 1.97. The maximum absolute atomic E-state index is 12.3. The van der Waals surface area contributed by atoms with E-state index < -0.39 is 0 Å². The summed E-state index contributed by atoms with van der Waals surface area (Å²) in [7, 11) is 0. The van der Waals surface area contributed by atoms with Crippen LogP contribution >= 0.6 is 0 Å². The molecular formula is C16H20N2O2. The van der Waals surface area contributed by atoms with Crippen LogP contribution in [0.2, 0.25) is 0 Å². The minimum absolute atomic E-state index is 0.0148. The Morgan fingerprint density at radius 2 is 1.85 bits per heavy atom. The molecule has 0 radical (unpaired) electrons. The number of benzene rings is 1. The molecule has 1 heterocycles. The van der Waals surface area contributed by atoms with Gasteiger partial charge in [-0.25, -0.2) is 0 Å². The Balaban J connectivity index is 1.75. The topological polar surface area (TPSA) is 40.6 Å². The number of carbonyl (C=O) groups excluding carboxylic acids is 2. The highest BCUT2D eigenvalue weighted by atomic mass is 16.2. The summed E-state index contributed by atoms with van der Waals surface area (Å²) in [5, 5.41) is 0. The van der Waals surface area contributed by atoms with E-state index in [1.54, 1.807) is 9.80 Å². The fourth-order valence-corrected chi connectivity index (χ4v) is 2.69. The van der Waals surface area contributed by atoms with Crippen molar-refractivity contribution >= 4 is 17.5 Å². The van der Waals surface area contributed by atoms with E-state index in [9.17, 15) is 9.59 Å². The zero-order valence-corrected chi connectivity index (χ0v) is 12.0. The van der Waals surface area contributed by atoms with Crippen molar-refractivity contribution in [2.75, 3.05) is 18.0 Å². The van der Waals surface area contributed by atoms with Crippen molar-refractivity contribution in [1.29, 1.82) is 0 Å². The lowest BCUT2D eigenvalue weighted by molar-refractivity contribution is -0.140. The fourth-order valence-electron chi connectivity index (χ4n) is 2.69. The van der Waals surface area contributed by atoms with Crippen LogP contribution in [0.25, 0.3) is 0 Å². The van der Waals surface area contributed by atoms with Crippen molar-refractivity contribution < 1.29 is 9.59 Å². The second-order valence-electron chi connectivity index (χ2n) is 5.93. The maximum atomic E-state index is 12.3. The van der Waals surface area contributed by atoms with Gasteiger partial charge in [0.2, 0.25) is 11.8 Å². The molecule has 0 N–H and O–H groups in total. The van der Waals surface area contributed by atoms with Crippen LogP contribution in [0.4, 0.5) is 5.69 Å². The largest absolute Gasteiger partial charge is 0.329 e. The summed E-state index contributed by atoms with van der Waals surface area (Å²) in [4.78, 5) is 28.0. The van der Waals surface area contributed by atoms with Crippen LogP contribution in [0, 0.1) is 12.8 Å². The van der Waals surface area contributed by atoms with Crippen LogP contribution in [-0.2, 0) is 9.59 Å². The van der Waals surface area contributed by atoms with Crippen LogP contribution in [0.5, 0.6) is 0 Å². The number of hydrogen-bond donors (Lipinski definition) is 0. The van der Waals surface area contributed by atoms with Gasteiger partial charge in [-0.3, -0.25) is 9.59 Å². The van der Waals surface area contributed by atoms with E-state index in [-0.39, 0.29) is 30.3 Å². The van der Waals surface area contributed by atoms with Gasteiger partial charge in [-0.1, -0.05) is 17.7 Å². The number of carbonyl (C=O) groups is 2. The Labute approximate surface area is 119 Å². The zero-order chi connectivity index (χ0) is 14.3. The molecule has 4 nitrogen and oxygen atoms in total. The molecule has 1 aliphatic carbocycles. The average Bonchev–Trinajstić information content (AvgIpc) is 3.26. The van der Waals surface area contributed by atoms with Crippen LogP contribution < -0.4 is 4.90 Å². The summed E-state index contributed by atoms with van der Waals surface area (Å²) >= 11 is 0. The second kappa shape index (κ2) is 4.93. The predicted molar refractivity (Wildman–Crippen MR) is 77.4 cm³/mol. The number of amides is 2. The van der Waals surface area contributed by atoms with Gasteiger partial charge in [0, 0.05) is 24.2 Å². The summed E-state index contributed by atoms with van der Waals surface area (Å²) in [6.45, 7) is 4.85. The molecule has 1 aliphatic heterocycles. The van der Waals surface area contributed by atoms with Crippen LogP contribution in [0.1, 0.15) is 25.3 Å². The van der Waals surface area contributed by atoms with Gasteiger partial charge in [-0.15, -0.1) is 0 Å². The van der Waals surface area contributed by atoms with E-state index in [1.807, 2.05) is 38.1 Å². The number of piperazine rings is 1. The molecule has 1 aromatic carbocycles. The highest BCUT2D eigenvalue weighted by Crippen LogP contribution is 2.32. The summed E-state index contributed by atoms with van der Waals surface area (Å²) in [5.74, 6) is 0.353. The van der Waals surface area contributed by atoms with Gasteiger partial charge in [0.15, 0.2) is 0 Å². The first-order chi connectivity index (χ1) is 9.56. The lowest BCUT2D eigenvalue weighted by Gasteiger charge is -2.39. The van der Waals surface area contributed by atoms with Crippen molar-refractivity contribution in [1.82, 2.24) is 4.90 Å². The Morgan fingerprint density at radius 1 is 1.20 bits per heavy atom. The molecule has 3 rings (SSSR count). The van der Waals surface area contributed by atoms with E-state index in [2.05, 4.69) is 0 Å². The molecule has 1 unspecified atom stereocenters. The number of aryl methyl sites for hydroxylation is 1. The zero-order valence-electron chi connectivity index (χ0n) is 12.0. The molecule has 4 heteroatoms. The Bertz CT molecular complexity index is 534. The van der Waals surface area contributed by atoms with Gasteiger partial charge < -0.3 is 9.80 Å². The van der Waals surface area contributed by atoms with E-state index in [0.717, 1.165) is 18.5 Å². The van der Waals surface area contributed by atoms with Gasteiger partial charge in [-0.2, -0.15) is 0 Å². The standard InChI is InChI=1S/C16H20N2O2/c1-11-3-7-14(8-4-11)18-9-12(2)17(10-15(18)19)16(20)13-5-6-13/h3-4,7-8,12-13H,5-6,9-10H2,1-2H3. The van der Waals surface area contributed by atoms with Crippen molar-refractivity contribution in [3.8, 4) is 0 Å². The third-order valence-electron chi connectivity index (χ3n) is 4.14. The van der Waals surface area contributed by atoms with E-state index in [4.69, 9.17) is 0 Å². The Kier molecular flexibility index (Phi) is 3.24. The molecule has 0 bridgehead atoms. The van der Waals surface area contributed by atoms with Crippen molar-refractivity contribution in [3.05, 3.63) is 29.8 Å². The maximum Gasteiger partial charge on any atom is 0.246 e. The van der Waals surface area contributed by atoms with Crippen molar-refractivity contribution in [2.24, 2.45) is 5.92 Å². The number of anilines is 1. The molecule has 20 heavy (non-hydrogen) atoms. The van der Waals surface area contributed by atoms with Crippen LogP contribution in [-0.4, -0.2) is 35.8 Å². The van der Waals surface area contributed by atoms with Crippen molar-refractivity contribution in [3.63, 3.8) is 0 Å². The van der Waals surface area contributed by atoms with Crippen LogP contribution in [0.15, 0.2) is 24.3 Å². The smallest absolute Gasteiger partial charge is 0.246 e. The molecule has 1 saturated heterocycles. The molecule has 0 spiro atoms. The minimum atomic E-state index is 0.0148. The number of hydrogen-bond acceptors (Lipinski definition) is 2. The van der Waals surface area contributed by atoms with Gasteiger partial charge in [-0.05, 0) is 38.8 Å². The quantitative estimate of drug-likeness (QED) is 0.826. The number of rotatable bonds is 2. The van der Waals surface area contributed by atoms with E-state index in [1.165, 1.54) is 5.56 Å². The number of nitrogens with zero attached hydrogens (tertiary/aromatic N) is 2. The third-order valence-corrected chi connectivity index (χ3v) is 4.14. The molecular weight excluding hydrogens is 252 g/mol.